The number of halogens is 1. The molecule has 1 aliphatic rings. The summed E-state index contributed by atoms with van der Waals surface area (Å²) in [5.74, 6) is 2.82. The van der Waals surface area contributed by atoms with Crippen LogP contribution < -0.4 is 14.8 Å². The van der Waals surface area contributed by atoms with Crippen LogP contribution in [0.2, 0.25) is 0 Å². The molecule has 0 spiro atoms. The Kier molecular flexibility index (Phi) is 5.05. The van der Waals surface area contributed by atoms with E-state index in [2.05, 4.69) is 25.6 Å². The normalized spacial score (nSPS) is 14.7. The Hall–Kier alpha value is -4.47. The second-order valence-corrected chi connectivity index (χ2v) is 8.41. The first-order valence-electron chi connectivity index (χ1n) is 11.1. The quantitative estimate of drug-likeness (QED) is 0.398. The second kappa shape index (κ2) is 8.39. The van der Waals surface area contributed by atoms with Gasteiger partial charge in [-0.25, -0.2) is 13.8 Å². The fraction of sp³-hybridized carbons (Fsp3) is 0.200. The molecule has 1 aliphatic heterocycles. The van der Waals surface area contributed by atoms with Crippen LogP contribution in [0, 0.1) is 5.82 Å². The van der Waals surface area contributed by atoms with Crippen molar-refractivity contribution in [2.45, 2.75) is 12.3 Å². The van der Waals surface area contributed by atoms with Crippen molar-refractivity contribution < 1.29 is 13.9 Å². The van der Waals surface area contributed by atoms with Gasteiger partial charge in [-0.2, -0.15) is 5.10 Å². The van der Waals surface area contributed by atoms with E-state index in [1.54, 1.807) is 23.1 Å². The molecular formula is C25H22FN7O2. The molecule has 1 atom stereocenters. The van der Waals surface area contributed by atoms with Gasteiger partial charge < -0.3 is 14.8 Å². The summed E-state index contributed by atoms with van der Waals surface area (Å²) in [5, 5.41) is 16.3. The third-order valence-electron chi connectivity index (χ3n) is 6.16. The van der Waals surface area contributed by atoms with Crippen molar-refractivity contribution in [1.29, 1.82) is 0 Å². The summed E-state index contributed by atoms with van der Waals surface area (Å²) in [4.78, 5) is 4.42. The first kappa shape index (κ1) is 21.1. The monoisotopic (exact) mass is 471 g/mol. The van der Waals surface area contributed by atoms with E-state index >= 15 is 0 Å². The van der Waals surface area contributed by atoms with Gasteiger partial charge in [0, 0.05) is 25.4 Å². The highest BCUT2D eigenvalue weighted by molar-refractivity contribution is 5.72. The Bertz CT molecular complexity index is 1540. The van der Waals surface area contributed by atoms with E-state index in [4.69, 9.17) is 9.47 Å². The summed E-state index contributed by atoms with van der Waals surface area (Å²) >= 11 is 0. The Morgan fingerprint density at radius 3 is 2.80 bits per heavy atom. The fourth-order valence-corrected chi connectivity index (χ4v) is 4.38. The van der Waals surface area contributed by atoms with Gasteiger partial charge in [-0.15, -0.1) is 10.2 Å². The van der Waals surface area contributed by atoms with E-state index < -0.39 is 0 Å². The van der Waals surface area contributed by atoms with Crippen molar-refractivity contribution in [3.05, 3.63) is 78.1 Å². The van der Waals surface area contributed by atoms with Crippen LogP contribution in [0.25, 0.3) is 16.8 Å². The van der Waals surface area contributed by atoms with Crippen LogP contribution in [0.15, 0.2) is 60.9 Å². The van der Waals surface area contributed by atoms with Crippen LogP contribution in [-0.2, 0) is 13.5 Å². The van der Waals surface area contributed by atoms with Crippen LogP contribution in [0.4, 0.5) is 16.0 Å². The van der Waals surface area contributed by atoms with Gasteiger partial charge in [-0.3, -0.25) is 4.68 Å². The Morgan fingerprint density at radius 1 is 1.09 bits per heavy atom. The topological polar surface area (TPSA) is 91.4 Å². The molecule has 0 fully saturated rings. The van der Waals surface area contributed by atoms with Crippen LogP contribution in [0.3, 0.4) is 0 Å². The highest BCUT2D eigenvalue weighted by Crippen LogP contribution is 2.34. The van der Waals surface area contributed by atoms with E-state index in [1.165, 1.54) is 13.2 Å². The molecule has 0 amide bonds. The third kappa shape index (κ3) is 3.82. The first-order valence-corrected chi connectivity index (χ1v) is 11.1. The van der Waals surface area contributed by atoms with Crippen LogP contribution >= 0.6 is 0 Å². The number of hydrogen-bond donors (Lipinski definition) is 1. The van der Waals surface area contributed by atoms with Crippen molar-refractivity contribution >= 4 is 17.3 Å². The largest absolute Gasteiger partial charge is 0.494 e. The number of aromatic nitrogens is 6. The molecule has 0 saturated heterocycles. The zero-order chi connectivity index (χ0) is 23.9. The molecule has 176 valence electrons. The minimum absolute atomic E-state index is 0.0493. The average molecular weight is 471 g/mol. The number of nitrogens with one attached hydrogen (secondary N) is 1. The molecule has 0 saturated carbocycles. The van der Waals surface area contributed by atoms with Crippen molar-refractivity contribution in [3.63, 3.8) is 0 Å². The maximum Gasteiger partial charge on any atom is 0.201 e. The van der Waals surface area contributed by atoms with Gasteiger partial charge in [0.1, 0.15) is 24.1 Å². The Morgan fingerprint density at radius 2 is 2.00 bits per heavy atom. The third-order valence-corrected chi connectivity index (χ3v) is 6.16. The highest BCUT2D eigenvalue weighted by Gasteiger charge is 2.27. The number of hydrogen-bond acceptors (Lipinski definition) is 7. The number of nitrogens with zero attached hydrogens (tertiary/aromatic N) is 6. The average Bonchev–Trinajstić information content (AvgIpc) is 3.48. The molecule has 9 nitrogen and oxygen atoms in total. The van der Waals surface area contributed by atoms with Gasteiger partial charge in [-0.1, -0.05) is 6.07 Å². The lowest BCUT2D eigenvalue weighted by molar-refractivity contribution is 0.245. The summed E-state index contributed by atoms with van der Waals surface area (Å²) in [7, 11) is 3.32. The van der Waals surface area contributed by atoms with E-state index in [9.17, 15) is 4.39 Å². The number of benzene rings is 1. The number of rotatable bonds is 6. The molecule has 5 heterocycles. The summed E-state index contributed by atoms with van der Waals surface area (Å²) in [6.07, 6.45) is 4.06. The predicted molar refractivity (Wildman–Crippen MR) is 128 cm³/mol. The maximum atomic E-state index is 14.2. The molecule has 6 rings (SSSR count). The first-order chi connectivity index (χ1) is 17.1. The second-order valence-electron chi connectivity index (χ2n) is 8.41. The molecule has 1 N–H and O–H groups in total. The lowest BCUT2D eigenvalue weighted by Crippen LogP contribution is -2.22. The van der Waals surface area contributed by atoms with Gasteiger partial charge in [0.15, 0.2) is 17.2 Å². The zero-order valence-corrected chi connectivity index (χ0v) is 19.1. The van der Waals surface area contributed by atoms with E-state index in [0.717, 1.165) is 28.3 Å². The molecule has 0 unspecified atom stereocenters. The van der Waals surface area contributed by atoms with Crippen molar-refractivity contribution in [1.82, 2.24) is 29.4 Å². The lowest BCUT2D eigenvalue weighted by atomic mass is 9.98. The van der Waals surface area contributed by atoms with Gasteiger partial charge in [0.2, 0.25) is 5.88 Å². The van der Waals surface area contributed by atoms with Crippen LogP contribution in [0.5, 0.6) is 11.6 Å². The van der Waals surface area contributed by atoms with Gasteiger partial charge in [0.05, 0.1) is 19.2 Å². The fourth-order valence-electron chi connectivity index (χ4n) is 4.38. The van der Waals surface area contributed by atoms with Crippen molar-refractivity contribution in [2.24, 2.45) is 7.05 Å². The lowest BCUT2D eigenvalue weighted by Gasteiger charge is -2.23. The molecule has 35 heavy (non-hydrogen) atoms. The zero-order valence-electron chi connectivity index (χ0n) is 19.1. The number of methoxy groups -OCH3 is 1. The molecule has 1 aromatic carbocycles. The minimum atomic E-state index is -0.382. The van der Waals surface area contributed by atoms with Crippen molar-refractivity contribution in [3.8, 4) is 22.8 Å². The molecule has 10 heteroatoms. The van der Waals surface area contributed by atoms with Gasteiger partial charge in [0.25, 0.3) is 0 Å². The predicted octanol–water partition coefficient (Wildman–Crippen LogP) is 4.13. The van der Waals surface area contributed by atoms with Gasteiger partial charge >= 0.3 is 0 Å². The smallest absolute Gasteiger partial charge is 0.201 e. The van der Waals surface area contributed by atoms with Crippen LogP contribution in [-0.4, -0.2) is 43.1 Å². The molecule has 5 aromatic rings. The minimum Gasteiger partial charge on any atom is -0.494 e. The Labute approximate surface area is 200 Å². The summed E-state index contributed by atoms with van der Waals surface area (Å²) in [6.45, 7) is 0.425. The SMILES string of the molecule is COc1ccc(C[C@H]2COc3cc(-c4ccnc(Nc5ccnn5C)c4)cc4nnc2n34)cc1F. The van der Waals surface area contributed by atoms with E-state index in [0.29, 0.717) is 30.4 Å². The number of aryl methyl sites for hydroxylation is 1. The molecule has 4 aromatic heterocycles. The van der Waals surface area contributed by atoms with Crippen LogP contribution in [0.1, 0.15) is 17.3 Å². The maximum absolute atomic E-state index is 14.2. The number of pyridine rings is 2. The van der Waals surface area contributed by atoms with Crippen molar-refractivity contribution in [2.75, 3.05) is 19.0 Å². The standard InChI is InChI=1S/C25H22FN7O2/c1-32-22(6-8-28-32)29-21-11-16(5-7-27-21)17-12-23-30-31-25-18(14-35-24(13-17)33(23)25)9-15-3-4-20(34-2)19(26)10-15/h3-8,10-13,18H,9,14H2,1-2H3,(H,27,29)/t18-/m0/s1. The van der Waals surface area contributed by atoms with Gasteiger partial charge in [-0.05, 0) is 53.4 Å². The molecule has 0 aliphatic carbocycles. The molecule has 0 bridgehead atoms. The van der Waals surface area contributed by atoms with E-state index in [1.807, 2.05) is 47.8 Å². The molecular weight excluding hydrogens is 449 g/mol. The van der Waals surface area contributed by atoms with E-state index in [-0.39, 0.29) is 17.5 Å². The summed E-state index contributed by atoms with van der Waals surface area (Å²) < 4.78 is 29.0. The summed E-state index contributed by atoms with van der Waals surface area (Å²) in [6, 6.07) is 14.7. The number of ether oxygens (including phenoxy) is 2. The molecule has 0 radical (unpaired) electrons. The summed E-state index contributed by atoms with van der Waals surface area (Å²) in [5.41, 5.74) is 3.44. The highest BCUT2D eigenvalue weighted by atomic mass is 19.1. The number of anilines is 2. The Balaban J connectivity index is 1.30.